The van der Waals surface area contributed by atoms with E-state index in [1.54, 1.807) is 0 Å². The van der Waals surface area contributed by atoms with Gasteiger partial charge in [-0.3, -0.25) is 4.79 Å². The normalized spacial score (nSPS) is 19.2. The molecule has 0 atom stereocenters. The Morgan fingerprint density at radius 3 is 2.45 bits per heavy atom. The molecule has 2 aromatic rings. The Kier molecular flexibility index (Phi) is 7.17. The second kappa shape index (κ2) is 9.61. The van der Waals surface area contributed by atoms with Crippen molar-refractivity contribution in [3.05, 3.63) is 65.7 Å². The van der Waals surface area contributed by atoms with Crippen molar-refractivity contribution in [1.29, 1.82) is 0 Å². The minimum Gasteiger partial charge on any atom is -0.399 e. The van der Waals surface area contributed by atoms with E-state index in [0.29, 0.717) is 13.1 Å². The number of halogens is 1. The lowest BCUT2D eigenvalue weighted by Crippen LogP contribution is -2.58. The first-order valence-electron chi connectivity index (χ1n) is 10.1. The molecule has 2 fully saturated rings. The van der Waals surface area contributed by atoms with E-state index >= 15 is 0 Å². The number of rotatable bonds is 5. The van der Waals surface area contributed by atoms with Gasteiger partial charge in [-0.05, 0) is 42.5 Å². The molecule has 1 spiro atoms. The summed E-state index contributed by atoms with van der Waals surface area (Å²) in [6.45, 7) is 4.58. The molecular weight excluding hydrogens is 386 g/mol. The molecule has 2 aliphatic heterocycles. The smallest absolute Gasteiger partial charge is 0.248 e. The molecule has 0 saturated carbocycles. The van der Waals surface area contributed by atoms with Gasteiger partial charge < -0.3 is 20.3 Å². The highest BCUT2D eigenvalue weighted by Crippen LogP contribution is 2.31. The maximum Gasteiger partial charge on any atom is 0.248 e. The van der Waals surface area contributed by atoms with E-state index in [4.69, 9.17) is 10.5 Å². The van der Waals surface area contributed by atoms with E-state index in [9.17, 15) is 4.79 Å². The molecule has 2 aliphatic rings. The van der Waals surface area contributed by atoms with Crippen LogP contribution in [0.5, 0.6) is 0 Å². The van der Waals surface area contributed by atoms with Crippen molar-refractivity contribution in [3.8, 4) is 0 Å². The number of nitrogens with two attached hydrogens (primary N) is 1. The molecule has 0 bridgehead atoms. The number of morpholine rings is 1. The number of nitrogens with zero attached hydrogens (tertiary/aromatic N) is 2. The number of carbonyl (C=O) groups is 1. The fraction of sp³-hybridized carbons (Fsp3) is 0.435. The summed E-state index contributed by atoms with van der Waals surface area (Å²) >= 11 is 0. The Bertz CT molecular complexity index is 807. The summed E-state index contributed by atoms with van der Waals surface area (Å²) in [4.78, 5) is 16.8. The van der Waals surface area contributed by atoms with Gasteiger partial charge in [0.05, 0.1) is 12.1 Å². The Morgan fingerprint density at radius 1 is 1.00 bits per heavy atom. The molecule has 0 radical (unpaired) electrons. The van der Waals surface area contributed by atoms with Gasteiger partial charge in [-0.25, -0.2) is 0 Å². The summed E-state index contributed by atoms with van der Waals surface area (Å²) in [5.74, 6) is 0.0690. The quantitative estimate of drug-likeness (QED) is 0.762. The van der Waals surface area contributed by atoms with Gasteiger partial charge in [0.2, 0.25) is 5.91 Å². The Labute approximate surface area is 179 Å². The maximum absolute atomic E-state index is 12.4. The summed E-state index contributed by atoms with van der Waals surface area (Å²) in [5.41, 5.74) is 8.89. The largest absolute Gasteiger partial charge is 0.399 e. The van der Waals surface area contributed by atoms with Gasteiger partial charge in [-0.15, -0.1) is 12.4 Å². The maximum atomic E-state index is 12.4. The molecule has 2 aromatic carbocycles. The van der Waals surface area contributed by atoms with Gasteiger partial charge in [0, 0.05) is 31.9 Å². The summed E-state index contributed by atoms with van der Waals surface area (Å²) in [7, 11) is 0. The fourth-order valence-electron chi connectivity index (χ4n) is 4.26. The molecule has 0 aliphatic carbocycles. The van der Waals surface area contributed by atoms with Gasteiger partial charge in [0.25, 0.3) is 0 Å². The molecular formula is C23H30ClN3O2. The van der Waals surface area contributed by atoms with Crippen LogP contribution in [0.4, 0.5) is 5.69 Å². The minimum absolute atomic E-state index is 0. The van der Waals surface area contributed by atoms with Crippen LogP contribution < -0.4 is 5.73 Å². The number of hydrogen-bond acceptors (Lipinski definition) is 4. The Balaban J connectivity index is 0.00000240. The number of anilines is 1. The van der Waals surface area contributed by atoms with E-state index in [0.717, 1.165) is 50.1 Å². The lowest BCUT2D eigenvalue weighted by molar-refractivity contribution is -0.172. The van der Waals surface area contributed by atoms with Gasteiger partial charge in [0.1, 0.15) is 6.61 Å². The van der Waals surface area contributed by atoms with Crippen LogP contribution in [-0.4, -0.2) is 54.1 Å². The van der Waals surface area contributed by atoms with Crippen LogP contribution in [0.25, 0.3) is 0 Å². The monoisotopic (exact) mass is 415 g/mol. The number of piperidine rings is 1. The number of ether oxygens (including phenoxy) is 1. The van der Waals surface area contributed by atoms with Crippen LogP contribution >= 0.6 is 12.4 Å². The zero-order valence-corrected chi connectivity index (χ0v) is 17.6. The van der Waals surface area contributed by atoms with E-state index in [1.807, 2.05) is 29.2 Å². The first kappa shape index (κ1) is 21.6. The SMILES string of the molecule is Cl.Nc1cccc(CN2CC3(CCN(CCc4ccccc4)CC3)OCC2=O)c1. The van der Waals surface area contributed by atoms with E-state index in [1.165, 1.54) is 5.56 Å². The van der Waals surface area contributed by atoms with Crippen LogP contribution in [0.3, 0.4) is 0 Å². The predicted molar refractivity (Wildman–Crippen MR) is 118 cm³/mol. The van der Waals surface area contributed by atoms with Gasteiger partial charge in [-0.2, -0.15) is 0 Å². The second-order valence-corrected chi connectivity index (χ2v) is 8.04. The van der Waals surface area contributed by atoms with Crippen molar-refractivity contribution in [3.63, 3.8) is 0 Å². The summed E-state index contributed by atoms with van der Waals surface area (Å²) in [6.07, 6.45) is 3.03. The average Bonchev–Trinajstić information content (AvgIpc) is 2.71. The molecule has 5 nitrogen and oxygen atoms in total. The molecule has 29 heavy (non-hydrogen) atoms. The highest BCUT2D eigenvalue weighted by atomic mass is 35.5. The van der Waals surface area contributed by atoms with Gasteiger partial charge in [-0.1, -0.05) is 42.5 Å². The number of carbonyl (C=O) groups excluding carboxylic acids is 1. The van der Waals surface area contributed by atoms with E-state index < -0.39 is 0 Å². The Morgan fingerprint density at radius 2 is 1.72 bits per heavy atom. The molecule has 0 aromatic heterocycles. The lowest BCUT2D eigenvalue weighted by atomic mass is 9.89. The number of nitrogen functional groups attached to an aromatic ring is 1. The second-order valence-electron chi connectivity index (χ2n) is 8.04. The van der Waals surface area contributed by atoms with E-state index in [2.05, 4.69) is 35.2 Å². The zero-order chi connectivity index (χ0) is 19.4. The first-order chi connectivity index (χ1) is 13.6. The molecule has 2 heterocycles. The highest BCUT2D eigenvalue weighted by Gasteiger charge is 2.42. The number of hydrogen-bond donors (Lipinski definition) is 1. The number of amides is 1. The first-order valence-corrected chi connectivity index (χ1v) is 10.1. The zero-order valence-electron chi connectivity index (χ0n) is 16.8. The van der Waals surface area contributed by atoms with Crippen LogP contribution in [0, 0.1) is 0 Å². The third kappa shape index (κ3) is 5.50. The van der Waals surface area contributed by atoms with Crippen molar-refractivity contribution in [2.45, 2.75) is 31.4 Å². The van der Waals surface area contributed by atoms with Crippen molar-refractivity contribution < 1.29 is 9.53 Å². The van der Waals surface area contributed by atoms with Crippen molar-refractivity contribution >= 4 is 24.0 Å². The summed E-state index contributed by atoms with van der Waals surface area (Å²) < 4.78 is 6.08. The van der Waals surface area contributed by atoms with Crippen LogP contribution in [0.1, 0.15) is 24.0 Å². The molecule has 6 heteroatoms. The number of likely N-dealkylation sites (tertiary alicyclic amines) is 1. The topological polar surface area (TPSA) is 58.8 Å². The van der Waals surface area contributed by atoms with Crippen molar-refractivity contribution in [1.82, 2.24) is 9.80 Å². The molecule has 4 rings (SSSR count). The fourth-order valence-corrected chi connectivity index (χ4v) is 4.26. The van der Waals surface area contributed by atoms with Crippen LogP contribution in [0.15, 0.2) is 54.6 Å². The number of benzene rings is 2. The predicted octanol–water partition coefficient (Wildman–Crippen LogP) is 3.13. The average molecular weight is 416 g/mol. The third-order valence-corrected chi connectivity index (χ3v) is 5.98. The molecule has 1 amide bonds. The standard InChI is InChI=1S/C23H29N3O2.ClH/c24-21-8-4-7-20(15-21)16-26-18-23(28-17-22(26)27)10-13-25(14-11-23)12-9-19-5-2-1-3-6-19;/h1-8,15H,9-14,16-18,24H2;1H. The minimum atomic E-state index is -0.197. The summed E-state index contributed by atoms with van der Waals surface area (Å²) in [6, 6.07) is 18.4. The highest BCUT2D eigenvalue weighted by molar-refractivity contribution is 5.85. The molecule has 2 saturated heterocycles. The lowest BCUT2D eigenvalue weighted by Gasteiger charge is -2.47. The molecule has 156 valence electrons. The van der Waals surface area contributed by atoms with Crippen LogP contribution in [0.2, 0.25) is 0 Å². The van der Waals surface area contributed by atoms with Gasteiger partial charge >= 0.3 is 0 Å². The Hall–Kier alpha value is -2.08. The molecule has 2 N–H and O–H groups in total. The van der Waals surface area contributed by atoms with Gasteiger partial charge in [0.15, 0.2) is 0 Å². The molecule has 0 unspecified atom stereocenters. The van der Waals surface area contributed by atoms with E-state index in [-0.39, 0.29) is 30.5 Å². The summed E-state index contributed by atoms with van der Waals surface area (Å²) in [5, 5.41) is 0. The van der Waals surface area contributed by atoms with Crippen molar-refractivity contribution in [2.75, 3.05) is 38.5 Å². The van der Waals surface area contributed by atoms with Crippen molar-refractivity contribution in [2.24, 2.45) is 0 Å². The third-order valence-electron chi connectivity index (χ3n) is 5.98. The van der Waals surface area contributed by atoms with Crippen LogP contribution in [-0.2, 0) is 22.5 Å².